The summed E-state index contributed by atoms with van der Waals surface area (Å²) in [6.45, 7) is 2.90. The molecule has 5 N–H and O–H groups in total. The zero-order chi connectivity index (χ0) is 26.4. The van der Waals surface area contributed by atoms with Crippen molar-refractivity contribution in [2.75, 3.05) is 18.6 Å². The Morgan fingerprint density at radius 2 is 1.67 bits per heavy atom. The molecule has 188 valence electrons. The van der Waals surface area contributed by atoms with Crippen molar-refractivity contribution >= 4 is 32.4 Å². The molecule has 3 aromatic rings. The number of carbonyl (C=O) groups is 2. The van der Waals surface area contributed by atoms with Crippen LogP contribution in [-0.2, 0) is 16.3 Å². The fourth-order valence-electron chi connectivity index (χ4n) is 3.93. The van der Waals surface area contributed by atoms with Gasteiger partial charge in [-0.15, -0.1) is 0 Å². The number of rotatable bonds is 6. The zero-order valence-corrected chi connectivity index (χ0v) is 20.8. The van der Waals surface area contributed by atoms with Crippen molar-refractivity contribution < 1.29 is 22.7 Å². The number of primary amides is 1. The highest BCUT2D eigenvalue weighted by atomic mass is 32.2. The van der Waals surface area contributed by atoms with Crippen LogP contribution in [-0.4, -0.2) is 53.6 Å². The van der Waals surface area contributed by atoms with E-state index in [0.29, 0.717) is 29.1 Å². The molecule has 0 spiro atoms. The van der Waals surface area contributed by atoms with E-state index in [0.717, 1.165) is 0 Å². The average molecular weight is 511 g/mol. The van der Waals surface area contributed by atoms with Crippen molar-refractivity contribution in [1.82, 2.24) is 9.78 Å². The minimum atomic E-state index is -4.05. The number of methoxy groups -OCH3 is 1. The van der Waals surface area contributed by atoms with Crippen LogP contribution in [0.2, 0.25) is 0 Å². The second kappa shape index (κ2) is 8.88. The van der Waals surface area contributed by atoms with Crippen molar-refractivity contribution in [2.45, 2.75) is 25.1 Å². The topological polar surface area (TPSA) is 174 Å². The molecule has 0 bridgehead atoms. The smallest absolute Gasteiger partial charge is 0.277 e. The van der Waals surface area contributed by atoms with Gasteiger partial charge in [-0.25, -0.2) is 13.1 Å². The molecule has 0 unspecified atom stereocenters. The molecule has 2 amide bonds. The van der Waals surface area contributed by atoms with Gasteiger partial charge in [-0.1, -0.05) is 12.1 Å². The quantitative estimate of drug-likeness (QED) is 0.333. The number of benzene rings is 2. The number of anilines is 1. The molecule has 12 heteroatoms. The first kappa shape index (κ1) is 25.1. The van der Waals surface area contributed by atoms with Gasteiger partial charge < -0.3 is 21.1 Å². The summed E-state index contributed by atoms with van der Waals surface area (Å²) >= 11 is 0. The molecular weight excluding hydrogens is 484 g/mol. The zero-order valence-electron chi connectivity index (χ0n) is 20.0. The van der Waals surface area contributed by atoms with Gasteiger partial charge in [0.15, 0.2) is 10.7 Å². The lowest BCUT2D eigenvalue weighted by Crippen LogP contribution is -2.45. The van der Waals surface area contributed by atoms with Crippen LogP contribution in [0.25, 0.3) is 5.69 Å². The molecule has 2 heterocycles. The summed E-state index contributed by atoms with van der Waals surface area (Å²) in [7, 11) is -2.51. The molecule has 4 rings (SSSR count). The lowest BCUT2D eigenvalue weighted by Gasteiger charge is -2.28. The van der Waals surface area contributed by atoms with E-state index in [4.69, 9.17) is 21.6 Å². The lowest BCUT2D eigenvalue weighted by atomic mass is 10.0. The van der Waals surface area contributed by atoms with Crippen LogP contribution in [0, 0.1) is 5.41 Å². The van der Waals surface area contributed by atoms with Gasteiger partial charge >= 0.3 is 0 Å². The number of ether oxygens (including phenoxy) is 1. The Balaban J connectivity index is 1.71. The number of sulfone groups is 1. The van der Waals surface area contributed by atoms with E-state index in [-0.39, 0.29) is 23.5 Å². The fraction of sp³-hybridized carbons (Fsp3) is 0.250. The molecule has 11 nitrogen and oxygen atoms in total. The van der Waals surface area contributed by atoms with Gasteiger partial charge in [0.2, 0.25) is 9.84 Å². The van der Waals surface area contributed by atoms with Crippen LogP contribution in [0.1, 0.15) is 46.0 Å². The van der Waals surface area contributed by atoms with Gasteiger partial charge in [0.05, 0.1) is 12.8 Å². The molecule has 0 aliphatic carbocycles. The van der Waals surface area contributed by atoms with E-state index in [9.17, 15) is 18.0 Å². The van der Waals surface area contributed by atoms with Crippen LogP contribution in [0.5, 0.6) is 5.75 Å². The summed E-state index contributed by atoms with van der Waals surface area (Å²) < 4.78 is 31.6. The number of nitrogens with zero attached hydrogens (tertiary/aromatic N) is 3. The largest absolute Gasteiger partial charge is 0.497 e. The predicted molar refractivity (Wildman–Crippen MR) is 134 cm³/mol. The second-order valence-corrected chi connectivity index (χ2v) is 11.3. The van der Waals surface area contributed by atoms with Gasteiger partial charge in [-0.2, -0.15) is 5.10 Å². The Hall–Kier alpha value is -4.03. The molecule has 0 saturated heterocycles. The number of nitrogens with one attached hydrogen (secondary N) is 1. The first-order valence-electron chi connectivity index (χ1n) is 11.0. The lowest BCUT2D eigenvalue weighted by molar-refractivity contribution is 0.0972. The van der Waals surface area contributed by atoms with Gasteiger partial charge in [0.25, 0.3) is 11.8 Å². The fourth-order valence-corrected chi connectivity index (χ4v) is 4.90. The third kappa shape index (κ3) is 4.14. The standard InChI is InChI=1S/C24H26N6O5S/c1-24(2,27)36(33,34)22(26)14-4-6-15(7-5-14)29-13-12-18-19(21(25)31)28-30(20(18)23(29)32)16-8-10-17(35-3)11-9-16/h4-11,26H,12-13,27H2,1-3H3,(H2,25,31). The Morgan fingerprint density at radius 3 is 2.19 bits per heavy atom. The van der Waals surface area contributed by atoms with Crippen LogP contribution in [0.3, 0.4) is 0 Å². The highest BCUT2D eigenvalue weighted by molar-refractivity contribution is 8.07. The molecule has 1 aliphatic rings. The van der Waals surface area contributed by atoms with Gasteiger partial charge in [-0.3, -0.25) is 15.0 Å². The molecular formula is C24H26N6O5S. The van der Waals surface area contributed by atoms with Crippen LogP contribution < -0.4 is 21.1 Å². The molecule has 2 aromatic carbocycles. The Kier molecular flexibility index (Phi) is 6.18. The van der Waals surface area contributed by atoms with Gasteiger partial charge in [0.1, 0.15) is 16.3 Å². The molecule has 0 saturated carbocycles. The molecule has 1 aromatic heterocycles. The van der Waals surface area contributed by atoms with Crippen LogP contribution in [0.4, 0.5) is 5.69 Å². The number of carbonyl (C=O) groups excluding carboxylic acids is 2. The maximum Gasteiger partial charge on any atom is 0.277 e. The predicted octanol–water partition coefficient (Wildman–Crippen LogP) is 1.62. The molecule has 1 aliphatic heterocycles. The number of fused-ring (bicyclic) bond motifs is 1. The first-order valence-corrected chi connectivity index (χ1v) is 12.5. The molecule has 0 atom stereocenters. The van der Waals surface area contributed by atoms with E-state index in [2.05, 4.69) is 5.10 Å². The number of nitrogens with two attached hydrogens (primary N) is 2. The highest BCUT2D eigenvalue weighted by Crippen LogP contribution is 2.30. The van der Waals surface area contributed by atoms with Crippen LogP contribution >= 0.6 is 0 Å². The second-order valence-electron chi connectivity index (χ2n) is 8.84. The number of hydrogen-bond donors (Lipinski definition) is 3. The first-order chi connectivity index (χ1) is 16.9. The van der Waals surface area contributed by atoms with E-state index in [1.165, 1.54) is 42.7 Å². The van der Waals surface area contributed by atoms with Crippen molar-refractivity contribution in [2.24, 2.45) is 11.5 Å². The Labute approximate surface area is 208 Å². The van der Waals surface area contributed by atoms with E-state index < -0.39 is 31.6 Å². The summed E-state index contributed by atoms with van der Waals surface area (Å²) in [5, 5.41) is 11.9. The SMILES string of the molecule is COc1ccc(-n2nc(C(N)=O)c3c2C(=O)N(c2ccc(C(=N)S(=O)(=O)C(C)(C)N)cc2)CC3)cc1. The Morgan fingerprint density at radius 1 is 1.08 bits per heavy atom. The van der Waals surface area contributed by atoms with Crippen molar-refractivity contribution in [3.63, 3.8) is 0 Å². The third-order valence-corrected chi connectivity index (χ3v) is 8.13. The van der Waals surface area contributed by atoms with E-state index in [1.54, 1.807) is 36.4 Å². The van der Waals surface area contributed by atoms with E-state index in [1.807, 2.05) is 0 Å². The van der Waals surface area contributed by atoms with Crippen molar-refractivity contribution in [3.05, 3.63) is 71.0 Å². The molecule has 0 fully saturated rings. The summed E-state index contributed by atoms with van der Waals surface area (Å²) in [5.74, 6) is -0.509. The number of amides is 2. The summed E-state index contributed by atoms with van der Waals surface area (Å²) in [6.07, 6.45) is 0.336. The highest BCUT2D eigenvalue weighted by Gasteiger charge is 2.36. The minimum absolute atomic E-state index is 0.0345. The summed E-state index contributed by atoms with van der Waals surface area (Å²) in [4.78, 5) is 25.6. The third-order valence-electron chi connectivity index (χ3n) is 5.97. The average Bonchev–Trinajstić information content (AvgIpc) is 3.24. The Bertz CT molecular complexity index is 1470. The van der Waals surface area contributed by atoms with Crippen LogP contribution in [0.15, 0.2) is 48.5 Å². The van der Waals surface area contributed by atoms with Crippen molar-refractivity contribution in [1.29, 1.82) is 5.41 Å². The number of hydrogen-bond acceptors (Lipinski definition) is 8. The summed E-state index contributed by atoms with van der Waals surface area (Å²) in [6, 6.07) is 12.9. The normalized spacial score (nSPS) is 13.9. The van der Waals surface area contributed by atoms with Crippen molar-refractivity contribution in [3.8, 4) is 11.4 Å². The molecule has 0 radical (unpaired) electrons. The monoisotopic (exact) mass is 510 g/mol. The molecule has 36 heavy (non-hydrogen) atoms. The maximum atomic E-state index is 13.6. The summed E-state index contributed by atoms with van der Waals surface area (Å²) in [5.41, 5.74) is 13.2. The number of aromatic nitrogens is 2. The minimum Gasteiger partial charge on any atom is -0.497 e. The van der Waals surface area contributed by atoms with Gasteiger partial charge in [-0.05, 0) is 56.7 Å². The maximum absolute atomic E-state index is 13.6. The van der Waals surface area contributed by atoms with Gasteiger partial charge in [0, 0.05) is 23.4 Å². The van der Waals surface area contributed by atoms with E-state index >= 15 is 0 Å².